The molecule has 2 rings (SSSR count). The molecule has 1 unspecified atom stereocenters. The lowest BCUT2D eigenvalue weighted by Gasteiger charge is -2.26. The lowest BCUT2D eigenvalue weighted by atomic mass is 9.83. The predicted molar refractivity (Wildman–Crippen MR) is 69.4 cm³/mol. The quantitative estimate of drug-likeness (QED) is 0.658. The first-order valence-electron chi connectivity index (χ1n) is 6.58. The summed E-state index contributed by atoms with van der Waals surface area (Å²) in [5.41, 5.74) is 1.07. The average molecular weight is 249 g/mol. The smallest absolute Gasteiger partial charge is 0.269 e. The highest BCUT2D eigenvalue weighted by Crippen LogP contribution is 2.28. The number of nitro benzene ring substituents is 1. The van der Waals surface area contributed by atoms with Gasteiger partial charge in [-0.05, 0) is 30.7 Å². The fourth-order valence-electron chi connectivity index (χ4n) is 2.68. The van der Waals surface area contributed by atoms with Crippen molar-refractivity contribution in [1.29, 1.82) is 0 Å². The lowest BCUT2D eigenvalue weighted by Crippen LogP contribution is -2.24. The van der Waals surface area contributed by atoms with Gasteiger partial charge in [0.15, 0.2) is 0 Å². The van der Waals surface area contributed by atoms with Crippen molar-refractivity contribution in [2.45, 2.75) is 44.6 Å². The highest BCUT2D eigenvalue weighted by atomic mass is 16.6. The van der Waals surface area contributed by atoms with Crippen molar-refractivity contribution in [2.24, 2.45) is 5.92 Å². The number of nitrogens with zero attached hydrogens (tertiary/aromatic N) is 1. The first kappa shape index (κ1) is 13.0. The van der Waals surface area contributed by atoms with Crippen molar-refractivity contribution in [3.05, 3.63) is 39.9 Å². The predicted octanol–water partition coefficient (Wildman–Crippen LogP) is 3.08. The van der Waals surface area contributed by atoms with Crippen LogP contribution in [0.4, 0.5) is 5.69 Å². The Labute approximate surface area is 107 Å². The third-order valence-corrected chi connectivity index (χ3v) is 3.79. The van der Waals surface area contributed by atoms with E-state index in [1.165, 1.54) is 31.4 Å². The van der Waals surface area contributed by atoms with Crippen molar-refractivity contribution < 1.29 is 10.0 Å². The molecule has 1 aromatic carbocycles. The number of aliphatic hydroxyl groups excluding tert-OH is 1. The van der Waals surface area contributed by atoms with Gasteiger partial charge in [0.2, 0.25) is 0 Å². The number of nitro groups is 1. The van der Waals surface area contributed by atoms with E-state index < -0.39 is 4.92 Å². The number of rotatable bonds is 4. The van der Waals surface area contributed by atoms with Crippen molar-refractivity contribution in [2.75, 3.05) is 0 Å². The Balaban J connectivity index is 1.93. The maximum absolute atomic E-state index is 10.5. The molecule has 0 aliphatic heterocycles. The topological polar surface area (TPSA) is 63.4 Å². The van der Waals surface area contributed by atoms with E-state index in [1.807, 2.05) is 0 Å². The molecule has 0 bridgehead atoms. The van der Waals surface area contributed by atoms with Crippen LogP contribution in [-0.2, 0) is 6.42 Å². The largest absolute Gasteiger partial charge is 0.392 e. The molecule has 4 nitrogen and oxygen atoms in total. The molecule has 1 atom stereocenters. The van der Waals surface area contributed by atoms with Crippen molar-refractivity contribution in [3.8, 4) is 0 Å². The molecule has 98 valence electrons. The molecule has 0 radical (unpaired) electrons. The van der Waals surface area contributed by atoms with Crippen LogP contribution in [0.3, 0.4) is 0 Å². The molecule has 1 fully saturated rings. The van der Waals surface area contributed by atoms with Gasteiger partial charge in [-0.1, -0.05) is 31.4 Å². The Kier molecular flexibility index (Phi) is 4.31. The molecule has 1 aliphatic rings. The second-order valence-corrected chi connectivity index (χ2v) is 5.09. The van der Waals surface area contributed by atoms with Crippen LogP contribution >= 0.6 is 0 Å². The van der Waals surface area contributed by atoms with Crippen LogP contribution in [-0.4, -0.2) is 16.1 Å². The van der Waals surface area contributed by atoms with Gasteiger partial charge in [-0.15, -0.1) is 0 Å². The molecular weight excluding hydrogens is 230 g/mol. The Bertz CT molecular complexity index is 396. The lowest BCUT2D eigenvalue weighted by molar-refractivity contribution is -0.384. The van der Waals surface area contributed by atoms with Gasteiger partial charge in [-0.3, -0.25) is 10.1 Å². The molecule has 1 N–H and O–H groups in total. The summed E-state index contributed by atoms with van der Waals surface area (Å²) in [5, 5.41) is 20.7. The number of benzene rings is 1. The van der Waals surface area contributed by atoms with Gasteiger partial charge < -0.3 is 5.11 Å². The minimum Gasteiger partial charge on any atom is -0.392 e. The van der Waals surface area contributed by atoms with Crippen LogP contribution in [0.15, 0.2) is 24.3 Å². The van der Waals surface area contributed by atoms with E-state index in [-0.39, 0.29) is 11.8 Å². The molecule has 0 spiro atoms. The van der Waals surface area contributed by atoms with Gasteiger partial charge >= 0.3 is 0 Å². The summed E-state index contributed by atoms with van der Waals surface area (Å²) < 4.78 is 0. The summed E-state index contributed by atoms with van der Waals surface area (Å²) in [7, 11) is 0. The maximum Gasteiger partial charge on any atom is 0.269 e. The van der Waals surface area contributed by atoms with Gasteiger partial charge in [0.25, 0.3) is 5.69 Å². The number of non-ortho nitro benzene ring substituents is 1. The monoisotopic (exact) mass is 249 g/mol. The molecule has 1 aliphatic carbocycles. The third-order valence-electron chi connectivity index (χ3n) is 3.79. The van der Waals surface area contributed by atoms with Crippen molar-refractivity contribution in [3.63, 3.8) is 0 Å². The first-order valence-corrected chi connectivity index (χ1v) is 6.58. The molecule has 0 amide bonds. The number of hydrogen-bond acceptors (Lipinski definition) is 3. The van der Waals surface area contributed by atoms with Crippen LogP contribution in [0.1, 0.15) is 37.7 Å². The number of hydrogen-bond donors (Lipinski definition) is 1. The SMILES string of the molecule is O=[N+]([O-])c1ccc(CC(O)C2CCCCC2)cc1. The van der Waals surface area contributed by atoms with Crippen LogP contribution in [0.25, 0.3) is 0 Å². The van der Waals surface area contributed by atoms with E-state index in [0.717, 1.165) is 18.4 Å². The summed E-state index contributed by atoms with van der Waals surface area (Å²) in [6, 6.07) is 6.49. The Morgan fingerprint density at radius 2 is 1.83 bits per heavy atom. The zero-order valence-electron chi connectivity index (χ0n) is 10.4. The molecule has 0 aromatic heterocycles. The van der Waals surface area contributed by atoms with Gasteiger partial charge in [0.1, 0.15) is 0 Å². The van der Waals surface area contributed by atoms with Gasteiger partial charge in [-0.2, -0.15) is 0 Å². The molecule has 0 heterocycles. The second kappa shape index (κ2) is 5.96. The first-order chi connectivity index (χ1) is 8.66. The highest BCUT2D eigenvalue weighted by Gasteiger charge is 2.21. The van der Waals surface area contributed by atoms with E-state index in [4.69, 9.17) is 0 Å². The molecule has 4 heteroatoms. The summed E-state index contributed by atoms with van der Waals surface area (Å²) in [6.07, 6.45) is 6.20. The Morgan fingerprint density at radius 3 is 2.39 bits per heavy atom. The van der Waals surface area contributed by atoms with Gasteiger partial charge in [0, 0.05) is 12.1 Å². The minimum atomic E-state index is -0.401. The molecule has 1 aromatic rings. The van der Waals surface area contributed by atoms with Gasteiger partial charge in [0.05, 0.1) is 11.0 Å². The van der Waals surface area contributed by atoms with E-state index in [1.54, 1.807) is 12.1 Å². The Hall–Kier alpha value is -1.42. The standard InChI is InChI=1S/C14H19NO3/c16-14(12-4-2-1-3-5-12)10-11-6-8-13(9-7-11)15(17)18/h6-9,12,14,16H,1-5,10H2. The van der Waals surface area contributed by atoms with Crippen molar-refractivity contribution in [1.82, 2.24) is 0 Å². The van der Waals surface area contributed by atoms with Crippen LogP contribution < -0.4 is 0 Å². The summed E-state index contributed by atoms with van der Waals surface area (Å²) in [4.78, 5) is 10.1. The summed E-state index contributed by atoms with van der Waals surface area (Å²) in [5.74, 6) is 0.397. The van der Waals surface area contributed by atoms with E-state index in [2.05, 4.69) is 0 Å². The van der Waals surface area contributed by atoms with Crippen LogP contribution in [0, 0.1) is 16.0 Å². The molecule has 1 saturated carbocycles. The molecular formula is C14H19NO3. The minimum absolute atomic E-state index is 0.103. The second-order valence-electron chi connectivity index (χ2n) is 5.09. The van der Waals surface area contributed by atoms with E-state index in [0.29, 0.717) is 12.3 Å². The zero-order valence-corrected chi connectivity index (χ0v) is 10.4. The molecule has 0 saturated heterocycles. The fourth-order valence-corrected chi connectivity index (χ4v) is 2.68. The zero-order chi connectivity index (χ0) is 13.0. The third kappa shape index (κ3) is 3.29. The summed E-state index contributed by atoms with van der Waals surface area (Å²) in [6.45, 7) is 0. The Morgan fingerprint density at radius 1 is 1.22 bits per heavy atom. The van der Waals surface area contributed by atoms with E-state index in [9.17, 15) is 15.2 Å². The normalized spacial score (nSPS) is 18.5. The van der Waals surface area contributed by atoms with Crippen molar-refractivity contribution >= 4 is 5.69 Å². The van der Waals surface area contributed by atoms with Gasteiger partial charge in [-0.25, -0.2) is 0 Å². The fraction of sp³-hybridized carbons (Fsp3) is 0.571. The van der Waals surface area contributed by atoms with Crippen LogP contribution in [0.5, 0.6) is 0 Å². The number of aliphatic hydroxyl groups is 1. The average Bonchev–Trinajstić information content (AvgIpc) is 2.40. The maximum atomic E-state index is 10.5. The molecule has 18 heavy (non-hydrogen) atoms. The summed E-state index contributed by atoms with van der Waals surface area (Å²) >= 11 is 0. The van der Waals surface area contributed by atoms with Crippen LogP contribution in [0.2, 0.25) is 0 Å². The van der Waals surface area contributed by atoms with E-state index >= 15 is 0 Å². The highest BCUT2D eigenvalue weighted by molar-refractivity contribution is 5.33.